The molecule has 1 saturated heterocycles. The van der Waals surface area contributed by atoms with Gasteiger partial charge in [-0.05, 0) is 36.2 Å². The smallest absolute Gasteiger partial charge is 0.137 e. The Labute approximate surface area is 189 Å². The van der Waals surface area contributed by atoms with Crippen molar-refractivity contribution in [3.63, 3.8) is 0 Å². The Kier molecular flexibility index (Phi) is 7.56. The van der Waals surface area contributed by atoms with E-state index in [2.05, 4.69) is 111 Å². The highest BCUT2D eigenvalue weighted by Gasteiger charge is 2.38. The highest BCUT2D eigenvalue weighted by atomic mass is 31.1. The summed E-state index contributed by atoms with van der Waals surface area (Å²) in [5.41, 5.74) is 1.33. The van der Waals surface area contributed by atoms with Gasteiger partial charge in [0.15, 0.2) is 0 Å². The van der Waals surface area contributed by atoms with Crippen molar-refractivity contribution in [1.82, 2.24) is 4.90 Å². The Hall–Kier alpha value is -1.99. The normalized spacial score (nSPS) is 19.4. The summed E-state index contributed by atoms with van der Waals surface area (Å²) in [6, 6.07) is 31.4. The van der Waals surface area contributed by atoms with Gasteiger partial charge in [0.1, 0.15) is 6.23 Å². The maximum atomic E-state index is 6.52. The second kappa shape index (κ2) is 10.6. The topological polar surface area (TPSA) is 12.5 Å². The molecule has 2 nitrogen and oxygen atoms in total. The summed E-state index contributed by atoms with van der Waals surface area (Å²) in [6.07, 6.45) is 2.45. The zero-order chi connectivity index (χ0) is 21.6. The van der Waals surface area contributed by atoms with Crippen LogP contribution in [0.3, 0.4) is 0 Å². The number of unbranched alkanes of at least 4 members (excludes halogenated alkanes) is 1. The zero-order valence-electron chi connectivity index (χ0n) is 18.9. The molecule has 3 heteroatoms. The number of hydrogen-bond acceptors (Lipinski definition) is 2. The first-order valence-corrected chi connectivity index (χ1v) is 12.9. The van der Waals surface area contributed by atoms with Crippen molar-refractivity contribution in [2.24, 2.45) is 5.92 Å². The second-order valence-electron chi connectivity index (χ2n) is 8.65. The molecule has 1 aliphatic rings. The van der Waals surface area contributed by atoms with E-state index in [1.807, 2.05) is 0 Å². The molecule has 0 amide bonds. The largest absolute Gasteiger partial charge is 0.357 e. The highest BCUT2D eigenvalue weighted by molar-refractivity contribution is 7.79. The lowest BCUT2D eigenvalue weighted by atomic mass is 10.0. The monoisotopic (exact) mass is 431 g/mol. The molecule has 0 spiro atoms. The summed E-state index contributed by atoms with van der Waals surface area (Å²) in [4.78, 5) is 2.62. The lowest BCUT2D eigenvalue weighted by Crippen LogP contribution is -2.38. The van der Waals surface area contributed by atoms with Crippen LogP contribution in [0.1, 0.15) is 45.4 Å². The van der Waals surface area contributed by atoms with E-state index in [-0.39, 0.29) is 6.23 Å². The Morgan fingerprint density at radius 2 is 1.45 bits per heavy atom. The summed E-state index contributed by atoms with van der Waals surface area (Å²) < 4.78 is 6.52. The molecular formula is C28H34NOP. The molecule has 4 rings (SSSR count). The number of nitrogens with zero attached hydrogens (tertiary/aromatic N) is 1. The lowest BCUT2D eigenvalue weighted by molar-refractivity contribution is 0.0272. The minimum atomic E-state index is -0.651. The van der Waals surface area contributed by atoms with Gasteiger partial charge in [-0.15, -0.1) is 0 Å². The number of rotatable bonds is 8. The summed E-state index contributed by atoms with van der Waals surface area (Å²) in [5, 5.41) is 4.18. The first-order chi connectivity index (χ1) is 15.2. The zero-order valence-corrected chi connectivity index (χ0v) is 19.8. The van der Waals surface area contributed by atoms with Gasteiger partial charge in [0.05, 0.1) is 6.61 Å². The van der Waals surface area contributed by atoms with Crippen LogP contribution in [-0.2, 0) is 4.74 Å². The van der Waals surface area contributed by atoms with Crippen LogP contribution < -0.4 is 15.9 Å². The van der Waals surface area contributed by atoms with Crippen LogP contribution in [0, 0.1) is 5.92 Å². The Balaban J connectivity index is 1.79. The van der Waals surface area contributed by atoms with E-state index in [4.69, 9.17) is 4.74 Å². The third-order valence-electron chi connectivity index (χ3n) is 6.16. The van der Waals surface area contributed by atoms with Crippen molar-refractivity contribution >= 4 is 23.8 Å². The number of ether oxygens (including phenoxy) is 1. The second-order valence-corrected chi connectivity index (χ2v) is 10.8. The molecule has 2 atom stereocenters. The van der Waals surface area contributed by atoms with Crippen LogP contribution in [0.2, 0.25) is 0 Å². The molecule has 1 fully saturated rings. The quantitative estimate of drug-likeness (QED) is 0.431. The van der Waals surface area contributed by atoms with E-state index < -0.39 is 7.92 Å². The summed E-state index contributed by atoms with van der Waals surface area (Å²) in [5.74, 6) is 0.582. The lowest BCUT2D eigenvalue weighted by Gasteiger charge is -2.32. The van der Waals surface area contributed by atoms with Crippen LogP contribution in [0.5, 0.6) is 0 Å². The standard InChI is InChI=1S/C28H34NOP/c1-4-5-20-29-26(22(2)3)21-30-28(29)25-18-12-13-19-27(25)31(23-14-8-6-9-15-23)24-16-10-7-11-17-24/h6-19,22,26,28H,4-5,20-21H2,1-3H3/t26-,28?/m1/s1. The van der Waals surface area contributed by atoms with Gasteiger partial charge in [-0.2, -0.15) is 0 Å². The molecule has 162 valence electrons. The van der Waals surface area contributed by atoms with E-state index in [1.54, 1.807) is 0 Å². The predicted molar refractivity (Wildman–Crippen MR) is 134 cm³/mol. The van der Waals surface area contributed by atoms with Crippen LogP contribution in [-0.4, -0.2) is 24.1 Å². The maximum absolute atomic E-state index is 6.52. The Morgan fingerprint density at radius 3 is 2.03 bits per heavy atom. The fraction of sp³-hybridized carbons (Fsp3) is 0.357. The van der Waals surface area contributed by atoms with Crippen molar-refractivity contribution in [2.75, 3.05) is 13.2 Å². The molecule has 0 bridgehead atoms. The van der Waals surface area contributed by atoms with E-state index in [9.17, 15) is 0 Å². The van der Waals surface area contributed by atoms with E-state index >= 15 is 0 Å². The van der Waals surface area contributed by atoms with E-state index in [0.29, 0.717) is 12.0 Å². The average Bonchev–Trinajstić information content (AvgIpc) is 3.24. The summed E-state index contributed by atoms with van der Waals surface area (Å²) in [6.45, 7) is 8.82. The third kappa shape index (κ3) is 4.93. The molecule has 1 aliphatic heterocycles. The summed E-state index contributed by atoms with van der Waals surface area (Å²) >= 11 is 0. The van der Waals surface area contributed by atoms with Crippen molar-refractivity contribution in [3.05, 3.63) is 90.5 Å². The fourth-order valence-electron chi connectivity index (χ4n) is 4.50. The molecule has 3 aromatic carbocycles. The van der Waals surface area contributed by atoms with Gasteiger partial charge in [-0.3, -0.25) is 4.90 Å². The molecule has 1 unspecified atom stereocenters. The highest BCUT2D eigenvalue weighted by Crippen LogP contribution is 2.40. The van der Waals surface area contributed by atoms with E-state index in [0.717, 1.165) is 13.2 Å². The SMILES string of the molecule is CCCCN1C(c2ccccc2P(c2ccccc2)c2ccccc2)OC[C@@H]1C(C)C. The van der Waals surface area contributed by atoms with Gasteiger partial charge in [-0.25, -0.2) is 0 Å². The third-order valence-corrected chi connectivity index (χ3v) is 8.68. The predicted octanol–water partition coefficient (Wildman–Crippen LogP) is 5.60. The minimum absolute atomic E-state index is 0.0348. The van der Waals surface area contributed by atoms with Gasteiger partial charge in [0.2, 0.25) is 0 Å². The van der Waals surface area contributed by atoms with Crippen LogP contribution in [0.25, 0.3) is 0 Å². The van der Waals surface area contributed by atoms with Crippen molar-refractivity contribution in [3.8, 4) is 0 Å². The van der Waals surface area contributed by atoms with Crippen molar-refractivity contribution < 1.29 is 4.74 Å². The Morgan fingerprint density at radius 1 is 0.871 bits per heavy atom. The molecule has 0 aliphatic carbocycles. The molecule has 1 heterocycles. The Bertz CT molecular complexity index is 904. The van der Waals surface area contributed by atoms with Crippen LogP contribution >= 0.6 is 7.92 Å². The van der Waals surface area contributed by atoms with Gasteiger partial charge in [-0.1, -0.05) is 112 Å². The molecule has 0 aromatic heterocycles. The average molecular weight is 432 g/mol. The van der Waals surface area contributed by atoms with Crippen LogP contribution in [0.15, 0.2) is 84.9 Å². The van der Waals surface area contributed by atoms with Crippen molar-refractivity contribution in [1.29, 1.82) is 0 Å². The molecule has 0 radical (unpaired) electrons. The number of hydrogen-bond donors (Lipinski definition) is 0. The molecule has 31 heavy (non-hydrogen) atoms. The first-order valence-electron chi connectivity index (χ1n) is 11.6. The van der Waals surface area contributed by atoms with Crippen LogP contribution in [0.4, 0.5) is 0 Å². The minimum Gasteiger partial charge on any atom is -0.357 e. The maximum Gasteiger partial charge on any atom is 0.137 e. The molecule has 3 aromatic rings. The number of benzene rings is 3. The van der Waals surface area contributed by atoms with Gasteiger partial charge in [0, 0.05) is 18.2 Å². The molecule has 0 N–H and O–H groups in total. The van der Waals surface area contributed by atoms with Crippen molar-refractivity contribution in [2.45, 2.75) is 45.9 Å². The van der Waals surface area contributed by atoms with Gasteiger partial charge >= 0.3 is 0 Å². The fourth-order valence-corrected chi connectivity index (χ4v) is 6.98. The molecular weight excluding hydrogens is 397 g/mol. The van der Waals surface area contributed by atoms with Gasteiger partial charge in [0.25, 0.3) is 0 Å². The van der Waals surface area contributed by atoms with Gasteiger partial charge < -0.3 is 4.74 Å². The summed E-state index contributed by atoms with van der Waals surface area (Å²) in [7, 11) is -0.651. The first kappa shape index (κ1) is 22.2. The van der Waals surface area contributed by atoms with E-state index in [1.165, 1.54) is 34.3 Å². The molecule has 0 saturated carbocycles.